The molecule has 1 aromatic heterocycles. The second-order valence-corrected chi connectivity index (χ2v) is 6.37. The fourth-order valence-electron chi connectivity index (χ4n) is 2.41. The highest BCUT2D eigenvalue weighted by atomic mass is 32.2. The molecule has 1 aliphatic rings. The van der Waals surface area contributed by atoms with E-state index in [1.807, 2.05) is 36.0 Å². The molecular formula is C14H15N3O2S. The molecule has 1 atom stereocenters. The molecular weight excluding hydrogens is 274 g/mol. The molecule has 1 aliphatic heterocycles. The van der Waals surface area contributed by atoms with Gasteiger partial charge in [0, 0.05) is 29.5 Å². The molecule has 1 unspecified atom stereocenters. The Labute approximate surface area is 121 Å². The topological polar surface area (TPSA) is 66.3 Å². The van der Waals surface area contributed by atoms with E-state index in [1.165, 1.54) is 0 Å². The predicted molar refractivity (Wildman–Crippen MR) is 80.6 cm³/mol. The Morgan fingerprint density at radius 2 is 2.20 bits per heavy atom. The van der Waals surface area contributed by atoms with Crippen molar-refractivity contribution in [3.05, 3.63) is 30.1 Å². The van der Waals surface area contributed by atoms with Crippen LogP contribution in [0.2, 0.25) is 0 Å². The zero-order valence-corrected chi connectivity index (χ0v) is 11.9. The summed E-state index contributed by atoms with van der Waals surface area (Å²) >= 11 is 1.93. The number of carboxylic acids is 1. The normalized spacial score (nSPS) is 19.2. The number of carboxylic acid groups (broad SMARTS) is 1. The molecule has 20 heavy (non-hydrogen) atoms. The number of aromatic carboxylic acids is 1. The zero-order chi connectivity index (χ0) is 14.1. The maximum Gasteiger partial charge on any atom is 0.374 e. The lowest BCUT2D eigenvalue weighted by Gasteiger charge is -2.32. The van der Waals surface area contributed by atoms with Crippen LogP contribution in [-0.2, 0) is 0 Å². The van der Waals surface area contributed by atoms with Crippen molar-refractivity contribution in [3.63, 3.8) is 0 Å². The molecule has 0 bridgehead atoms. The number of hydrogen-bond donors (Lipinski definition) is 1. The second-order valence-electron chi connectivity index (χ2n) is 4.82. The van der Waals surface area contributed by atoms with Crippen molar-refractivity contribution in [2.45, 2.75) is 12.2 Å². The average Bonchev–Trinajstić information content (AvgIpc) is 2.46. The van der Waals surface area contributed by atoms with Crippen molar-refractivity contribution >= 4 is 34.5 Å². The van der Waals surface area contributed by atoms with Gasteiger partial charge < -0.3 is 10.0 Å². The Morgan fingerprint density at radius 3 is 2.95 bits per heavy atom. The quantitative estimate of drug-likeness (QED) is 0.915. The van der Waals surface area contributed by atoms with Crippen molar-refractivity contribution in [1.29, 1.82) is 0 Å². The Morgan fingerprint density at radius 1 is 1.40 bits per heavy atom. The van der Waals surface area contributed by atoms with Crippen molar-refractivity contribution in [2.24, 2.45) is 0 Å². The molecule has 3 rings (SSSR count). The summed E-state index contributed by atoms with van der Waals surface area (Å²) in [5.74, 6) is 0.545. The number of nitrogens with zero attached hydrogens (tertiary/aromatic N) is 3. The fraction of sp³-hybridized carbons (Fsp3) is 0.357. The van der Waals surface area contributed by atoms with Crippen LogP contribution < -0.4 is 4.90 Å². The average molecular weight is 289 g/mol. The van der Waals surface area contributed by atoms with Crippen LogP contribution in [0, 0.1) is 0 Å². The Hall–Kier alpha value is -1.82. The van der Waals surface area contributed by atoms with Gasteiger partial charge in [0.1, 0.15) is 5.82 Å². The number of aromatic nitrogens is 2. The van der Waals surface area contributed by atoms with E-state index < -0.39 is 5.97 Å². The third-order valence-electron chi connectivity index (χ3n) is 3.32. The van der Waals surface area contributed by atoms with E-state index in [4.69, 9.17) is 0 Å². The molecule has 2 aromatic rings. The molecule has 0 aliphatic carbocycles. The van der Waals surface area contributed by atoms with Crippen molar-refractivity contribution < 1.29 is 9.90 Å². The maximum atomic E-state index is 11.2. The number of benzene rings is 1. The van der Waals surface area contributed by atoms with E-state index in [0.717, 1.165) is 30.0 Å². The molecule has 0 amide bonds. The van der Waals surface area contributed by atoms with Gasteiger partial charge in [0.15, 0.2) is 0 Å². The van der Waals surface area contributed by atoms with Gasteiger partial charge in [0.2, 0.25) is 5.82 Å². The molecule has 1 saturated heterocycles. The largest absolute Gasteiger partial charge is 0.475 e. The summed E-state index contributed by atoms with van der Waals surface area (Å²) in [6, 6.07) is 7.56. The Bertz CT molecular complexity index is 662. The minimum absolute atomic E-state index is 0.135. The molecule has 5 nitrogen and oxygen atoms in total. The molecule has 2 heterocycles. The van der Waals surface area contributed by atoms with Crippen LogP contribution in [0.25, 0.3) is 10.9 Å². The summed E-state index contributed by atoms with van der Waals surface area (Å²) in [5.41, 5.74) is 0.681. The minimum atomic E-state index is -1.09. The monoisotopic (exact) mass is 289 g/mol. The van der Waals surface area contributed by atoms with E-state index in [9.17, 15) is 9.90 Å². The van der Waals surface area contributed by atoms with E-state index in [-0.39, 0.29) is 5.82 Å². The second kappa shape index (κ2) is 5.28. The third-order valence-corrected chi connectivity index (χ3v) is 4.45. The van der Waals surface area contributed by atoms with Gasteiger partial charge in [-0.3, -0.25) is 0 Å². The van der Waals surface area contributed by atoms with Crippen LogP contribution in [0.1, 0.15) is 17.5 Å². The number of anilines is 1. The summed E-state index contributed by atoms with van der Waals surface area (Å²) < 4.78 is 0. The summed E-state index contributed by atoms with van der Waals surface area (Å²) in [5, 5.41) is 10.6. The van der Waals surface area contributed by atoms with E-state index in [0.29, 0.717) is 10.8 Å². The number of hydrogen-bond acceptors (Lipinski definition) is 5. The summed E-state index contributed by atoms with van der Waals surface area (Å²) in [6.07, 6.45) is 0. The smallest absolute Gasteiger partial charge is 0.374 e. The first-order chi connectivity index (χ1) is 9.65. The third kappa shape index (κ3) is 2.43. The van der Waals surface area contributed by atoms with E-state index in [1.54, 1.807) is 0 Å². The highest BCUT2D eigenvalue weighted by molar-refractivity contribution is 8.00. The van der Waals surface area contributed by atoms with Gasteiger partial charge in [-0.05, 0) is 12.1 Å². The SMILES string of the molecule is CC1CN(c2nc(C(=O)O)nc3ccccc23)CCS1. The number of carbonyl (C=O) groups is 1. The molecule has 0 saturated carbocycles. The van der Waals surface area contributed by atoms with Crippen LogP contribution in [-0.4, -0.2) is 45.1 Å². The van der Waals surface area contributed by atoms with Crippen molar-refractivity contribution in [3.8, 4) is 0 Å². The lowest BCUT2D eigenvalue weighted by molar-refractivity contribution is 0.0684. The van der Waals surface area contributed by atoms with E-state index in [2.05, 4.69) is 21.8 Å². The fourth-order valence-corrected chi connectivity index (χ4v) is 3.42. The lowest BCUT2D eigenvalue weighted by atomic mass is 10.2. The molecule has 0 radical (unpaired) electrons. The standard InChI is InChI=1S/C14H15N3O2S/c1-9-8-17(6-7-20-9)13-10-4-2-3-5-11(10)15-12(16-13)14(18)19/h2-5,9H,6-8H2,1H3,(H,18,19). The number of fused-ring (bicyclic) bond motifs is 1. The zero-order valence-electron chi connectivity index (χ0n) is 11.1. The first-order valence-electron chi connectivity index (χ1n) is 6.52. The number of rotatable bonds is 2. The Balaban J connectivity index is 2.14. The van der Waals surface area contributed by atoms with Gasteiger partial charge in [-0.2, -0.15) is 11.8 Å². The summed E-state index contributed by atoms with van der Waals surface area (Å²) in [7, 11) is 0. The van der Waals surface area contributed by atoms with Crippen LogP contribution in [0.3, 0.4) is 0 Å². The summed E-state index contributed by atoms with van der Waals surface area (Å²) in [6.45, 7) is 3.94. The highest BCUT2D eigenvalue weighted by Crippen LogP contribution is 2.28. The first-order valence-corrected chi connectivity index (χ1v) is 7.56. The van der Waals surface area contributed by atoms with Crippen LogP contribution in [0.4, 0.5) is 5.82 Å². The van der Waals surface area contributed by atoms with Crippen molar-refractivity contribution in [2.75, 3.05) is 23.7 Å². The van der Waals surface area contributed by atoms with Crippen LogP contribution in [0.5, 0.6) is 0 Å². The van der Waals surface area contributed by atoms with Crippen LogP contribution in [0.15, 0.2) is 24.3 Å². The molecule has 6 heteroatoms. The maximum absolute atomic E-state index is 11.2. The molecule has 1 aromatic carbocycles. The van der Waals surface area contributed by atoms with Gasteiger partial charge in [0.25, 0.3) is 0 Å². The van der Waals surface area contributed by atoms with Crippen LogP contribution >= 0.6 is 11.8 Å². The predicted octanol–water partition coefficient (Wildman–Crippen LogP) is 2.27. The Kier molecular flexibility index (Phi) is 3.48. The lowest BCUT2D eigenvalue weighted by Crippen LogP contribution is -2.37. The molecule has 104 valence electrons. The van der Waals surface area contributed by atoms with Gasteiger partial charge in [-0.25, -0.2) is 14.8 Å². The molecule has 1 N–H and O–H groups in total. The minimum Gasteiger partial charge on any atom is -0.475 e. The molecule has 1 fully saturated rings. The van der Waals surface area contributed by atoms with Gasteiger partial charge in [-0.1, -0.05) is 19.1 Å². The van der Waals surface area contributed by atoms with Gasteiger partial charge >= 0.3 is 5.97 Å². The highest BCUT2D eigenvalue weighted by Gasteiger charge is 2.22. The molecule has 0 spiro atoms. The number of para-hydroxylation sites is 1. The summed E-state index contributed by atoms with van der Waals surface area (Å²) in [4.78, 5) is 21.7. The van der Waals surface area contributed by atoms with Crippen molar-refractivity contribution in [1.82, 2.24) is 9.97 Å². The first kappa shape index (κ1) is 13.2. The number of thioether (sulfide) groups is 1. The van der Waals surface area contributed by atoms with E-state index >= 15 is 0 Å². The van der Waals surface area contributed by atoms with Gasteiger partial charge in [-0.15, -0.1) is 0 Å². The van der Waals surface area contributed by atoms with Gasteiger partial charge in [0.05, 0.1) is 5.52 Å².